The minimum Gasteiger partial charge on any atom is -0.394 e. The van der Waals surface area contributed by atoms with E-state index in [1.807, 2.05) is 6.08 Å². The highest BCUT2D eigenvalue weighted by Crippen LogP contribution is 2.17. The Morgan fingerprint density at radius 2 is 0.667 bits per heavy atom. The Hall–Kier alpha value is -2.43. The van der Waals surface area contributed by atoms with Crippen LogP contribution in [0.5, 0.6) is 0 Å². The van der Waals surface area contributed by atoms with Gasteiger partial charge in [-0.25, -0.2) is 0 Å². The van der Waals surface area contributed by atoms with Gasteiger partial charge in [0.1, 0.15) is 0 Å². The normalized spacial score (nSPS) is 13.5. The standard InChI is InChI=1S/C62H111NO3/c1-3-5-7-9-11-13-15-17-19-21-23-25-27-28-29-30-31-32-33-34-36-37-39-41-43-45-47-49-51-53-55-57-61(65)60(59-64)63-62(66)58-56-54-52-50-48-46-44-42-40-38-35-26-24-22-20-18-16-14-12-10-8-6-4-2/h6,8,12,14,18,20,24,26,38,40,44,46,55,57,60-61,64-65H,3-5,7,9-11,13,15-17,19,21-23,25,27-37,39,41-43,45,47-54,56,58-59H2,1-2H3,(H,63,66)/b8-6-,14-12-,20-18-,26-24-,40-38-,46-44-,57-55+. The third kappa shape index (κ3) is 52.5. The summed E-state index contributed by atoms with van der Waals surface area (Å²) in [5.41, 5.74) is 0. The number of carbonyl (C=O) groups excluding carboxylic acids is 1. The lowest BCUT2D eigenvalue weighted by Crippen LogP contribution is -2.45. The highest BCUT2D eigenvalue weighted by Gasteiger charge is 2.18. The number of hydrogen-bond donors (Lipinski definition) is 3. The molecule has 0 aliphatic rings. The molecule has 0 spiro atoms. The van der Waals surface area contributed by atoms with Crippen molar-refractivity contribution < 1.29 is 15.0 Å². The molecule has 0 aromatic carbocycles. The first-order chi connectivity index (χ1) is 32.7. The van der Waals surface area contributed by atoms with Gasteiger partial charge in [0.05, 0.1) is 18.8 Å². The van der Waals surface area contributed by atoms with Crippen molar-refractivity contribution >= 4 is 5.91 Å². The summed E-state index contributed by atoms with van der Waals surface area (Å²) in [6.45, 7) is 4.20. The van der Waals surface area contributed by atoms with Gasteiger partial charge < -0.3 is 15.5 Å². The summed E-state index contributed by atoms with van der Waals surface area (Å²) >= 11 is 0. The van der Waals surface area contributed by atoms with Crippen molar-refractivity contribution in [2.75, 3.05) is 6.61 Å². The molecule has 0 radical (unpaired) electrons. The maximum absolute atomic E-state index is 12.5. The van der Waals surface area contributed by atoms with Crippen molar-refractivity contribution in [1.82, 2.24) is 5.32 Å². The van der Waals surface area contributed by atoms with Gasteiger partial charge in [-0.05, 0) is 70.6 Å². The Morgan fingerprint density at radius 3 is 1.00 bits per heavy atom. The maximum atomic E-state index is 12.5. The van der Waals surface area contributed by atoms with Crippen LogP contribution < -0.4 is 5.32 Å². The third-order valence-corrected chi connectivity index (χ3v) is 12.9. The zero-order valence-electron chi connectivity index (χ0n) is 43.9. The molecule has 0 aliphatic carbocycles. The summed E-state index contributed by atoms with van der Waals surface area (Å²) in [6.07, 6.45) is 83.2. The molecule has 4 heteroatoms. The lowest BCUT2D eigenvalue weighted by atomic mass is 10.0. The van der Waals surface area contributed by atoms with Crippen LogP contribution in [0.4, 0.5) is 0 Å². The molecule has 0 aromatic rings. The van der Waals surface area contributed by atoms with Crippen LogP contribution in [0.25, 0.3) is 0 Å². The molecule has 0 saturated carbocycles. The fraction of sp³-hybridized carbons (Fsp3) is 0.758. The monoisotopic (exact) mass is 918 g/mol. The fourth-order valence-electron chi connectivity index (χ4n) is 8.54. The SMILES string of the molecule is CC/C=C\C/C=C\C/C=C\C/C=C\C/C=C\C/C=C\CCCCCCC(=O)NC(CO)C(O)/C=C/CCCCCCCCCCCCCCCCCCCCCCCCCCCCCCC. The van der Waals surface area contributed by atoms with Crippen LogP contribution in [0.2, 0.25) is 0 Å². The van der Waals surface area contributed by atoms with E-state index >= 15 is 0 Å². The molecule has 1 amide bonds. The Morgan fingerprint density at radius 1 is 0.379 bits per heavy atom. The van der Waals surface area contributed by atoms with Gasteiger partial charge in [-0.3, -0.25) is 4.79 Å². The molecule has 0 saturated heterocycles. The minimum atomic E-state index is -0.857. The Labute approximate surface area is 411 Å². The second-order valence-electron chi connectivity index (χ2n) is 19.3. The molecule has 0 fully saturated rings. The molecule has 2 atom stereocenters. The van der Waals surface area contributed by atoms with E-state index in [9.17, 15) is 15.0 Å². The highest BCUT2D eigenvalue weighted by molar-refractivity contribution is 5.76. The zero-order valence-corrected chi connectivity index (χ0v) is 43.9. The summed E-state index contributed by atoms with van der Waals surface area (Å²) < 4.78 is 0. The Balaban J connectivity index is 3.54. The molecule has 4 nitrogen and oxygen atoms in total. The van der Waals surface area contributed by atoms with E-state index in [0.29, 0.717) is 6.42 Å². The average molecular weight is 919 g/mol. The van der Waals surface area contributed by atoms with E-state index in [0.717, 1.165) is 83.5 Å². The third-order valence-electron chi connectivity index (χ3n) is 12.9. The molecule has 2 unspecified atom stereocenters. The first kappa shape index (κ1) is 63.6. The van der Waals surface area contributed by atoms with Crippen molar-refractivity contribution in [2.24, 2.45) is 0 Å². The number of rotatable bonds is 52. The molecule has 3 N–H and O–H groups in total. The fourth-order valence-corrected chi connectivity index (χ4v) is 8.54. The molecule has 0 aliphatic heterocycles. The van der Waals surface area contributed by atoms with Crippen LogP contribution in [0, 0.1) is 0 Å². The van der Waals surface area contributed by atoms with E-state index in [2.05, 4.69) is 92.1 Å². The lowest BCUT2D eigenvalue weighted by molar-refractivity contribution is -0.123. The number of carbonyl (C=O) groups is 1. The number of aliphatic hydroxyl groups excluding tert-OH is 2. The molecule has 66 heavy (non-hydrogen) atoms. The number of amides is 1. The Bertz CT molecular complexity index is 1180. The molecule has 0 rings (SSSR count). The van der Waals surface area contributed by atoms with Crippen LogP contribution in [-0.4, -0.2) is 34.9 Å². The van der Waals surface area contributed by atoms with Gasteiger partial charge in [-0.2, -0.15) is 0 Å². The summed E-state index contributed by atoms with van der Waals surface area (Å²) in [7, 11) is 0. The van der Waals surface area contributed by atoms with E-state index < -0.39 is 12.1 Å². The van der Waals surface area contributed by atoms with E-state index in [-0.39, 0.29) is 12.5 Å². The van der Waals surface area contributed by atoms with Gasteiger partial charge in [0.25, 0.3) is 0 Å². The highest BCUT2D eigenvalue weighted by atomic mass is 16.3. The molecular formula is C62H111NO3. The van der Waals surface area contributed by atoms with E-state index in [1.54, 1.807) is 6.08 Å². The smallest absolute Gasteiger partial charge is 0.220 e. The Kier molecular flexibility index (Phi) is 54.8. The van der Waals surface area contributed by atoms with Gasteiger partial charge in [0.15, 0.2) is 0 Å². The van der Waals surface area contributed by atoms with Gasteiger partial charge >= 0.3 is 0 Å². The molecule has 0 heterocycles. The summed E-state index contributed by atoms with van der Waals surface area (Å²) in [5, 5.41) is 23.2. The largest absolute Gasteiger partial charge is 0.394 e. The quantitative estimate of drug-likeness (QED) is 0.0421. The van der Waals surface area contributed by atoms with Crippen molar-refractivity contribution in [3.63, 3.8) is 0 Å². The van der Waals surface area contributed by atoms with E-state index in [4.69, 9.17) is 0 Å². The first-order valence-electron chi connectivity index (χ1n) is 28.8. The van der Waals surface area contributed by atoms with Crippen LogP contribution in [0.3, 0.4) is 0 Å². The number of aliphatic hydroxyl groups is 2. The molecule has 382 valence electrons. The topological polar surface area (TPSA) is 69.6 Å². The summed E-state index contributed by atoms with van der Waals surface area (Å²) in [6, 6.07) is -0.643. The van der Waals surface area contributed by atoms with Gasteiger partial charge in [-0.15, -0.1) is 0 Å². The van der Waals surface area contributed by atoms with Crippen molar-refractivity contribution in [3.8, 4) is 0 Å². The van der Waals surface area contributed by atoms with Crippen molar-refractivity contribution in [3.05, 3.63) is 85.1 Å². The van der Waals surface area contributed by atoms with E-state index in [1.165, 1.54) is 180 Å². The van der Waals surface area contributed by atoms with Crippen molar-refractivity contribution in [1.29, 1.82) is 0 Å². The predicted octanol–water partition coefficient (Wildman–Crippen LogP) is 19.1. The molecule has 0 bridgehead atoms. The lowest BCUT2D eigenvalue weighted by Gasteiger charge is -2.20. The maximum Gasteiger partial charge on any atom is 0.220 e. The zero-order chi connectivity index (χ0) is 47.7. The number of allylic oxidation sites excluding steroid dienone is 13. The van der Waals surface area contributed by atoms with Crippen molar-refractivity contribution in [2.45, 2.75) is 296 Å². The average Bonchev–Trinajstić information content (AvgIpc) is 3.32. The molecule has 0 aromatic heterocycles. The molecular weight excluding hydrogens is 807 g/mol. The van der Waals surface area contributed by atoms with Gasteiger partial charge in [0.2, 0.25) is 5.91 Å². The second kappa shape index (κ2) is 56.9. The number of nitrogens with one attached hydrogen (secondary N) is 1. The minimum absolute atomic E-state index is 0.0886. The second-order valence-corrected chi connectivity index (χ2v) is 19.3. The van der Waals surface area contributed by atoms with Crippen LogP contribution in [0.1, 0.15) is 284 Å². The number of hydrogen-bond acceptors (Lipinski definition) is 3. The van der Waals surface area contributed by atoms with Crippen LogP contribution >= 0.6 is 0 Å². The number of unbranched alkanes of at least 4 members (excludes halogenated alkanes) is 33. The summed E-state index contributed by atoms with van der Waals surface area (Å²) in [5.74, 6) is -0.0886. The predicted molar refractivity (Wildman–Crippen MR) is 294 cm³/mol. The van der Waals surface area contributed by atoms with Crippen LogP contribution in [0.15, 0.2) is 85.1 Å². The van der Waals surface area contributed by atoms with Gasteiger partial charge in [0, 0.05) is 6.42 Å². The summed E-state index contributed by atoms with van der Waals surface area (Å²) in [4.78, 5) is 12.5. The van der Waals surface area contributed by atoms with Gasteiger partial charge in [-0.1, -0.05) is 292 Å². The first-order valence-corrected chi connectivity index (χ1v) is 28.8. The van der Waals surface area contributed by atoms with Crippen LogP contribution in [-0.2, 0) is 4.79 Å².